The molecule has 3 nitrogen and oxygen atoms in total. The van der Waals surface area contributed by atoms with Crippen LogP contribution < -0.4 is 10.6 Å². The molecule has 16 heavy (non-hydrogen) atoms. The highest BCUT2D eigenvalue weighted by atomic mass is 35.5. The fraction of sp³-hybridized carbons (Fsp3) is 0.455. The third kappa shape index (κ3) is 4.33. The number of pyridine rings is 1. The molecule has 88 valence electrons. The summed E-state index contributed by atoms with van der Waals surface area (Å²) in [7, 11) is 0. The Morgan fingerprint density at radius 3 is 2.81 bits per heavy atom. The molecule has 0 spiro atoms. The molecule has 1 rings (SSSR count). The Kier molecular flexibility index (Phi) is 4.96. The zero-order valence-corrected chi connectivity index (χ0v) is 11.2. The van der Waals surface area contributed by atoms with Crippen molar-refractivity contribution in [1.82, 2.24) is 10.3 Å². The molecule has 0 radical (unpaired) electrons. The van der Waals surface area contributed by atoms with Crippen LogP contribution in [0.3, 0.4) is 0 Å². The van der Waals surface area contributed by atoms with E-state index in [0.717, 1.165) is 17.9 Å². The molecule has 0 fully saturated rings. The highest BCUT2D eigenvalue weighted by Gasteiger charge is 2.03. The molecule has 2 N–H and O–H groups in total. The number of rotatable bonds is 3. The maximum Gasteiger partial charge on any atom is 0.171 e. The summed E-state index contributed by atoms with van der Waals surface area (Å²) in [4.78, 5) is 4.17. The lowest BCUT2D eigenvalue weighted by Gasteiger charge is -2.12. The molecule has 0 aliphatic heterocycles. The monoisotopic (exact) mass is 257 g/mol. The molecular weight excluding hydrogens is 242 g/mol. The second kappa shape index (κ2) is 6.01. The van der Waals surface area contributed by atoms with E-state index < -0.39 is 0 Å². The Hall–Kier alpha value is -0.870. The number of hydrogen-bond acceptors (Lipinski definition) is 2. The number of nitrogens with one attached hydrogen (secondary N) is 2. The summed E-state index contributed by atoms with van der Waals surface area (Å²) in [5.74, 6) is 1.30. The van der Waals surface area contributed by atoms with Crippen LogP contribution in [0.4, 0.5) is 5.82 Å². The topological polar surface area (TPSA) is 37.0 Å². The van der Waals surface area contributed by atoms with Crippen molar-refractivity contribution in [3.05, 3.63) is 22.8 Å². The maximum absolute atomic E-state index is 5.82. The van der Waals surface area contributed by atoms with E-state index in [1.165, 1.54) is 0 Å². The number of nitrogens with zero attached hydrogens (tertiary/aromatic N) is 1. The number of aryl methyl sites for hydroxylation is 1. The van der Waals surface area contributed by atoms with E-state index in [0.29, 0.717) is 16.1 Å². The smallest absolute Gasteiger partial charge is 0.171 e. The highest BCUT2D eigenvalue weighted by Crippen LogP contribution is 2.15. The Morgan fingerprint density at radius 2 is 2.25 bits per heavy atom. The van der Waals surface area contributed by atoms with Crippen LogP contribution in [0.25, 0.3) is 0 Å². The fourth-order valence-corrected chi connectivity index (χ4v) is 1.51. The molecule has 5 heteroatoms. The van der Waals surface area contributed by atoms with Crippen molar-refractivity contribution in [3.8, 4) is 0 Å². The lowest BCUT2D eigenvalue weighted by molar-refractivity contribution is 0.627. The second-order valence-corrected chi connectivity index (χ2v) is 4.89. The van der Waals surface area contributed by atoms with Gasteiger partial charge < -0.3 is 10.6 Å². The zero-order chi connectivity index (χ0) is 12.1. The van der Waals surface area contributed by atoms with Crippen LogP contribution in [-0.2, 0) is 0 Å². The van der Waals surface area contributed by atoms with Gasteiger partial charge in [-0.05, 0) is 36.7 Å². The molecule has 0 amide bonds. The molecular formula is C11H16ClN3S. The van der Waals surface area contributed by atoms with E-state index in [9.17, 15) is 0 Å². The Balaban J connectivity index is 2.56. The minimum Gasteiger partial charge on any atom is -0.362 e. The average molecular weight is 258 g/mol. The first-order valence-electron chi connectivity index (χ1n) is 5.16. The van der Waals surface area contributed by atoms with Gasteiger partial charge in [-0.15, -0.1) is 0 Å². The molecule has 0 unspecified atom stereocenters. The van der Waals surface area contributed by atoms with Crippen molar-refractivity contribution in [1.29, 1.82) is 0 Å². The van der Waals surface area contributed by atoms with Crippen molar-refractivity contribution >= 4 is 34.7 Å². The van der Waals surface area contributed by atoms with Gasteiger partial charge in [-0.2, -0.15) is 0 Å². The molecule has 1 heterocycles. The minimum absolute atomic E-state index is 0.555. The van der Waals surface area contributed by atoms with Crippen molar-refractivity contribution in [2.75, 3.05) is 11.9 Å². The van der Waals surface area contributed by atoms with Gasteiger partial charge in [0.15, 0.2) is 5.11 Å². The van der Waals surface area contributed by atoms with Gasteiger partial charge >= 0.3 is 0 Å². The first-order valence-corrected chi connectivity index (χ1v) is 5.94. The largest absolute Gasteiger partial charge is 0.362 e. The highest BCUT2D eigenvalue weighted by molar-refractivity contribution is 7.80. The standard InChI is InChI=1S/C11H16ClN3S/c1-7(2)5-14-11(16)15-10-8(3)4-9(12)6-13-10/h4,6-7H,5H2,1-3H3,(H2,13,14,15,16). The van der Waals surface area contributed by atoms with Gasteiger partial charge in [-0.1, -0.05) is 25.4 Å². The van der Waals surface area contributed by atoms with Crippen LogP contribution in [0, 0.1) is 12.8 Å². The second-order valence-electron chi connectivity index (χ2n) is 4.05. The summed E-state index contributed by atoms with van der Waals surface area (Å²) < 4.78 is 0. The van der Waals surface area contributed by atoms with Crippen molar-refractivity contribution in [2.24, 2.45) is 5.92 Å². The van der Waals surface area contributed by atoms with E-state index in [1.807, 2.05) is 13.0 Å². The maximum atomic E-state index is 5.82. The van der Waals surface area contributed by atoms with Crippen LogP contribution in [0.15, 0.2) is 12.3 Å². The first kappa shape index (κ1) is 13.2. The molecule has 0 bridgehead atoms. The molecule has 0 aliphatic rings. The van der Waals surface area contributed by atoms with Gasteiger partial charge in [-0.25, -0.2) is 4.98 Å². The van der Waals surface area contributed by atoms with Gasteiger partial charge in [0, 0.05) is 12.7 Å². The summed E-state index contributed by atoms with van der Waals surface area (Å²) in [5, 5.41) is 7.38. The number of anilines is 1. The van der Waals surface area contributed by atoms with Crippen LogP contribution in [0.2, 0.25) is 5.02 Å². The summed E-state index contributed by atoms with van der Waals surface area (Å²) in [6.07, 6.45) is 1.60. The predicted octanol–water partition coefficient (Wildman–Crippen LogP) is 2.99. The van der Waals surface area contributed by atoms with Crippen LogP contribution in [0.5, 0.6) is 0 Å². The molecule has 0 saturated carbocycles. The molecule has 0 aliphatic carbocycles. The van der Waals surface area contributed by atoms with Crippen LogP contribution in [0.1, 0.15) is 19.4 Å². The number of halogens is 1. The van der Waals surface area contributed by atoms with Gasteiger partial charge in [0.05, 0.1) is 5.02 Å². The number of hydrogen-bond donors (Lipinski definition) is 2. The lowest BCUT2D eigenvalue weighted by atomic mass is 10.2. The van der Waals surface area contributed by atoms with Crippen molar-refractivity contribution < 1.29 is 0 Å². The predicted molar refractivity (Wildman–Crippen MR) is 73.0 cm³/mol. The molecule has 0 saturated heterocycles. The fourth-order valence-electron chi connectivity index (χ4n) is 1.12. The van der Waals surface area contributed by atoms with Gasteiger partial charge in [0.25, 0.3) is 0 Å². The summed E-state index contributed by atoms with van der Waals surface area (Å²) in [5.41, 5.74) is 0.973. The summed E-state index contributed by atoms with van der Waals surface area (Å²) in [6, 6.07) is 1.85. The van der Waals surface area contributed by atoms with Gasteiger partial charge in [0.1, 0.15) is 5.82 Å². The Labute approximate surface area is 107 Å². The minimum atomic E-state index is 0.555. The van der Waals surface area contributed by atoms with Gasteiger partial charge in [0.2, 0.25) is 0 Å². The molecule has 1 aromatic heterocycles. The van der Waals surface area contributed by atoms with E-state index in [-0.39, 0.29) is 0 Å². The van der Waals surface area contributed by atoms with Crippen LogP contribution in [-0.4, -0.2) is 16.6 Å². The van der Waals surface area contributed by atoms with E-state index >= 15 is 0 Å². The number of aromatic nitrogens is 1. The molecule has 0 atom stereocenters. The average Bonchev–Trinajstić information content (AvgIpc) is 2.19. The lowest BCUT2D eigenvalue weighted by Crippen LogP contribution is -2.31. The summed E-state index contributed by atoms with van der Waals surface area (Å²) >= 11 is 11.0. The van der Waals surface area contributed by atoms with E-state index in [2.05, 4.69) is 29.5 Å². The van der Waals surface area contributed by atoms with E-state index in [1.54, 1.807) is 6.20 Å². The molecule has 0 aromatic carbocycles. The molecule has 1 aromatic rings. The van der Waals surface area contributed by atoms with Crippen LogP contribution >= 0.6 is 23.8 Å². The summed E-state index contributed by atoms with van der Waals surface area (Å²) in [6.45, 7) is 7.04. The quantitative estimate of drug-likeness (QED) is 0.817. The normalized spacial score (nSPS) is 10.3. The Morgan fingerprint density at radius 1 is 1.56 bits per heavy atom. The zero-order valence-electron chi connectivity index (χ0n) is 9.67. The third-order valence-electron chi connectivity index (χ3n) is 1.95. The number of thiocarbonyl (C=S) groups is 1. The van der Waals surface area contributed by atoms with Gasteiger partial charge in [-0.3, -0.25) is 0 Å². The van der Waals surface area contributed by atoms with Crippen molar-refractivity contribution in [3.63, 3.8) is 0 Å². The SMILES string of the molecule is Cc1cc(Cl)cnc1NC(=S)NCC(C)C. The van der Waals surface area contributed by atoms with E-state index in [4.69, 9.17) is 23.8 Å². The third-order valence-corrected chi connectivity index (χ3v) is 2.40. The first-order chi connectivity index (χ1) is 7.49. The van der Waals surface area contributed by atoms with Crippen molar-refractivity contribution in [2.45, 2.75) is 20.8 Å². The Bertz CT molecular complexity index is 379.